The summed E-state index contributed by atoms with van der Waals surface area (Å²) in [4.78, 5) is 0. The van der Waals surface area contributed by atoms with Gasteiger partial charge < -0.3 is 10.1 Å². The molecule has 124 valence electrons. The van der Waals surface area contributed by atoms with Crippen molar-refractivity contribution in [2.75, 3.05) is 12.4 Å². The number of hydrogen-bond acceptors (Lipinski definition) is 4. The van der Waals surface area contributed by atoms with Crippen LogP contribution in [0.4, 0.5) is 5.69 Å². The van der Waals surface area contributed by atoms with Gasteiger partial charge in [-0.15, -0.1) is 4.40 Å². The van der Waals surface area contributed by atoms with Crippen molar-refractivity contribution in [3.05, 3.63) is 71.9 Å². The van der Waals surface area contributed by atoms with E-state index in [2.05, 4.69) is 14.4 Å². The highest BCUT2D eigenvalue weighted by molar-refractivity contribution is 7.88. The lowest BCUT2D eigenvalue weighted by molar-refractivity contribution is 0.415. The number of rotatable bonds is 4. The van der Waals surface area contributed by atoms with Crippen LogP contribution in [0.25, 0.3) is 0 Å². The van der Waals surface area contributed by atoms with Crippen LogP contribution in [0, 0.1) is 0 Å². The highest BCUT2D eigenvalue weighted by Gasteiger charge is 2.18. The standard InChI is InChI=1S/C17H17N3O3S/c1-23-16-9-7-14(8-10-16)18-17-12-15(19-24(21,22)20-17)11-13-5-3-2-4-6-13/h2-10,12,19H,11H2,1H3,(H,18,20). The molecular weight excluding hydrogens is 326 g/mol. The SMILES string of the molecule is COc1ccc(NC2=NS(=O)(=O)NC(Cc3ccccc3)=C2)cc1. The van der Waals surface area contributed by atoms with E-state index in [1.165, 1.54) is 0 Å². The summed E-state index contributed by atoms with van der Waals surface area (Å²) in [7, 11) is -2.16. The van der Waals surface area contributed by atoms with Gasteiger partial charge in [-0.25, -0.2) is 0 Å². The molecular formula is C17H17N3O3S. The number of methoxy groups -OCH3 is 1. The first-order valence-corrected chi connectivity index (χ1v) is 8.76. The molecule has 0 amide bonds. The van der Waals surface area contributed by atoms with E-state index in [1.54, 1.807) is 37.5 Å². The van der Waals surface area contributed by atoms with Crippen LogP contribution < -0.4 is 14.8 Å². The monoisotopic (exact) mass is 343 g/mol. The van der Waals surface area contributed by atoms with Crippen LogP contribution >= 0.6 is 0 Å². The number of hydrogen-bond donors (Lipinski definition) is 2. The average Bonchev–Trinajstić information content (AvgIpc) is 2.55. The maximum atomic E-state index is 12.0. The van der Waals surface area contributed by atoms with E-state index in [4.69, 9.17) is 4.74 Å². The number of allylic oxidation sites excluding steroid dienone is 1. The first-order valence-electron chi connectivity index (χ1n) is 7.32. The van der Waals surface area contributed by atoms with Gasteiger partial charge in [0.25, 0.3) is 0 Å². The van der Waals surface area contributed by atoms with Crippen molar-refractivity contribution >= 4 is 21.7 Å². The topological polar surface area (TPSA) is 79.8 Å². The largest absolute Gasteiger partial charge is 0.497 e. The fourth-order valence-corrected chi connectivity index (χ4v) is 3.19. The Kier molecular flexibility index (Phi) is 4.52. The van der Waals surface area contributed by atoms with Crippen LogP contribution in [0.15, 0.2) is 70.8 Å². The Morgan fingerprint density at radius 2 is 1.79 bits per heavy atom. The van der Waals surface area contributed by atoms with Crippen molar-refractivity contribution in [2.45, 2.75) is 6.42 Å². The molecule has 0 unspecified atom stereocenters. The van der Waals surface area contributed by atoms with Crippen LogP contribution in [-0.4, -0.2) is 21.4 Å². The number of nitrogens with zero attached hydrogens (tertiary/aromatic N) is 1. The van der Waals surface area contributed by atoms with Crippen LogP contribution in [0.2, 0.25) is 0 Å². The van der Waals surface area contributed by atoms with Gasteiger partial charge in [0.05, 0.1) is 7.11 Å². The van der Waals surface area contributed by atoms with Crippen molar-refractivity contribution < 1.29 is 13.2 Å². The van der Waals surface area contributed by atoms with E-state index in [9.17, 15) is 8.42 Å². The third-order valence-electron chi connectivity index (χ3n) is 3.39. The number of benzene rings is 2. The minimum atomic E-state index is -3.75. The summed E-state index contributed by atoms with van der Waals surface area (Å²) in [6.07, 6.45) is 2.17. The summed E-state index contributed by atoms with van der Waals surface area (Å²) in [6.45, 7) is 0. The molecule has 0 bridgehead atoms. The van der Waals surface area contributed by atoms with E-state index in [1.807, 2.05) is 30.3 Å². The Labute approximate surface area is 141 Å². The summed E-state index contributed by atoms with van der Waals surface area (Å²) in [6, 6.07) is 16.8. The van der Waals surface area contributed by atoms with Gasteiger partial charge in [-0.2, -0.15) is 8.42 Å². The van der Waals surface area contributed by atoms with E-state index in [-0.39, 0.29) is 5.84 Å². The van der Waals surface area contributed by atoms with Crippen molar-refractivity contribution in [3.8, 4) is 5.75 Å². The zero-order valence-electron chi connectivity index (χ0n) is 13.1. The third-order valence-corrected chi connectivity index (χ3v) is 4.35. The molecule has 0 spiro atoms. The van der Waals surface area contributed by atoms with Crippen LogP contribution in [-0.2, 0) is 16.6 Å². The maximum absolute atomic E-state index is 12.0. The highest BCUT2D eigenvalue weighted by Crippen LogP contribution is 2.17. The second-order valence-corrected chi connectivity index (χ2v) is 6.58. The van der Waals surface area contributed by atoms with Crippen LogP contribution in [0.5, 0.6) is 5.75 Å². The molecule has 0 atom stereocenters. The lowest BCUT2D eigenvalue weighted by atomic mass is 10.1. The smallest absolute Gasteiger partial charge is 0.343 e. The van der Waals surface area contributed by atoms with Gasteiger partial charge in [0.1, 0.15) is 11.6 Å². The highest BCUT2D eigenvalue weighted by atomic mass is 32.2. The molecule has 0 radical (unpaired) electrons. The molecule has 2 aromatic rings. The lowest BCUT2D eigenvalue weighted by Crippen LogP contribution is -2.30. The predicted molar refractivity (Wildman–Crippen MR) is 94.3 cm³/mol. The van der Waals surface area contributed by atoms with E-state index in [0.717, 1.165) is 17.0 Å². The lowest BCUT2D eigenvalue weighted by Gasteiger charge is -2.16. The number of ether oxygens (including phenoxy) is 1. The third kappa shape index (κ3) is 4.14. The Hall–Kier alpha value is -2.80. The molecule has 7 heteroatoms. The Bertz CT molecular complexity index is 873. The van der Waals surface area contributed by atoms with Crippen molar-refractivity contribution in [1.29, 1.82) is 0 Å². The van der Waals surface area contributed by atoms with Gasteiger partial charge in [-0.1, -0.05) is 30.3 Å². The normalized spacial score (nSPS) is 15.7. The van der Waals surface area contributed by atoms with E-state index in [0.29, 0.717) is 12.1 Å². The van der Waals surface area contributed by atoms with Gasteiger partial charge in [-0.3, -0.25) is 4.72 Å². The Balaban J connectivity index is 1.81. The first kappa shape index (κ1) is 16.1. The Morgan fingerprint density at radius 1 is 1.08 bits per heavy atom. The number of anilines is 1. The van der Waals surface area contributed by atoms with Gasteiger partial charge in [-0.05, 0) is 29.8 Å². The molecule has 1 aliphatic rings. The fraction of sp³-hybridized carbons (Fsp3) is 0.118. The molecule has 6 nitrogen and oxygen atoms in total. The zero-order valence-corrected chi connectivity index (χ0v) is 13.9. The molecule has 2 N–H and O–H groups in total. The van der Waals surface area contributed by atoms with Crippen LogP contribution in [0.3, 0.4) is 0 Å². The molecule has 3 rings (SSSR count). The second kappa shape index (κ2) is 6.76. The van der Waals surface area contributed by atoms with Crippen LogP contribution in [0.1, 0.15) is 5.56 Å². The Morgan fingerprint density at radius 3 is 2.46 bits per heavy atom. The molecule has 2 aromatic carbocycles. The van der Waals surface area contributed by atoms with Gasteiger partial charge >= 0.3 is 10.2 Å². The molecule has 1 aliphatic heterocycles. The van der Waals surface area contributed by atoms with Gasteiger partial charge in [0.2, 0.25) is 0 Å². The molecule has 0 saturated heterocycles. The second-order valence-electron chi connectivity index (χ2n) is 5.24. The maximum Gasteiger partial charge on any atom is 0.343 e. The molecule has 0 aromatic heterocycles. The van der Waals surface area contributed by atoms with Gasteiger partial charge in [0.15, 0.2) is 0 Å². The number of amidine groups is 1. The summed E-state index contributed by atoms with van der Waals surface area (Å²) in [5, 5.41) is 3.00. The minimum Gasteiger partial charge on any atom is -0.497 e. The van der Waals surface area contributed by atoms with Crippen molar-refractivity contribution in [3.63, 3.8) is 0 Å². The number of nitrogens with one attached hydrogen (secondary N) is 2. The fourth-order valence-electron chi connectivity index (χ4n) is 2.32. The van der Waals surface area contributed by atoms with E-state index >= 15 is 0 Å². The molecule has 24 heavy (non-hydrogen) atoms. The molecule has 0 saturated carbocycles. The molecule has 0 aliphatic carbocycles. The quantitative estimate of drug-likeness (QED) is 0.894. The van der Waals surface area contributed by atoms with Gasteiger partial charge in [0, 0.05) is 23.9 Å². The summed E-state index contributed by atoms with van der Waals surface area (Å²) < 4.78 is 35.2. The molecule has 1 heterocycles. The minimum absolute atomic E-state index is 0.268. The summed E-state index contributed by atoms with van der Waals surface area (Å²) in [5.41, 5.74) is 2.30. The first-order chi connectivity index (χ1) is 11.5. The van der Waals surface area contributed by atoms with E-state index < -0.39 is 10.2 Å². The molecule has 0 fully saturated rings. The van der Waals surface area contributed by atoms with Crippen molar-refractivity contribution in [2.24, 2.45) is 4.40 Å². The average molecular weight is 343 g/mol. The summed E-state index contributed by atoms with van der Waals surface area (Å²) in [5.74, 6) is 0.991. The zero-order chi connectivity index (χ0) is 17.0. The van der Waals surface area contributed by atoms with Crippen molar-refractivity contribution in [1.82, 2.24) is 4.72 Å². The summed E-state index contributed by atoms with van der Waals surface area (Å²) >= 11 is 0. The predicted octanol–water partition coefficient (Wildman–Crippen LogP) is 2.48.